The Hall–Kier alpha value is -2.69. The van der Waals surface area contributed by atoms with Crippen molar-refractivity contribution in [2.75, 3.05) is 17.3 Å². The summed E-state index contributed by atoms with van der Waals surface area (Å²) in [5, 5.41) is 2.66. The van der Waals surface area contributed by atoms with Crippen molar-refractivity contribution in [1.82, 2.24) is 4.98 Å². The van der Waals surface area contributed by atoms with Gasteiger partial charge in [-0.05, 0) is 30.3 Å². The Kier molecular flexibility index (Phi) is 4.10. The molecule has 0 aliphatic rings. The Balaban J connectivity index is 2.23. The van der Waals surface area contributed by atoms with Gasteiger partial charge in [-0.15, -0.1) is 0 Å². The minimum absolute atomic E-state index is 0.162. The molecular formula is C15H15N3O2. The number of nitrogens with one attached hydrogen (secondary N) is 1. The van der Waals surface area contributed by atoms with Crippen molar-refractivity contribution in [3.05, 3.63) is 54.4 Å². The Morgan fingerprint density at radius 1 is 1.20 bits per heavy atom. The predicted octanol–water partition coefficient (Wildman–Crippen LogP) is 2.32. The number of carbonyl (C=O) groups excluding carboxylic acids is 2. The van der Waals surface area contributed by atoms with Crippen molar-refractivity contribution in [3.8, 4) is 0 Å². The van der Waals surface area contributed by atoms with Crippen LogP contribution in [0.15, 0.2) is 48.8 Å². The second-order valence-corrected chi connectivity index (χ2v) is 4.34. The fourth-order valence-corrected chi connectivity index (χ4v) is 1.80. The first-order valence-electron chi connectivity index (χ1n) is 6.13. The molecule has 0 saturated carbocycles. The van der Waals surface area contributed by atoms with Gasteiger partial charge in [0.2, 0.25) is 5.91 Å². The van der Waals surface area contributed by atoms with Crippen molar-refractivity contribution in [2.24, 2.45) is 0 Å². The molecule has 2 rings (SSSR count). The van der Waals surface area contributed by atoms with E-state index in [2.05, 4.69) is 10.3 Å². The van der Waals surface area contributed by atoms with Crippen LogP contribution in [0.5, 0.6) is 0 Å². The SMILES string of the molecule is CC(=O)Nc1cccc(C(=O)N(C)c2cccnc2)c1. The molecule has 1 aromatic carbocycles. The summed E-state index contributed by atoms with van der Waals surface area (Å²) in [6.07, 6.45) is 3.27. The molecule has 0 radical (unpaired) electrons. The summed E-state index contributed by atoms with van der Waals surface area (Å²) in [6, 6.07) is 10.4. The highest BCUT2D eigenvalue weighted by Gasteiger charge is 2.13. The van der Waals surface area contributed by atoms with E-state index in [9.17, 15) is 9.59 Å². The summed E-state index contributed by atoms with van der Waals surface area (Å²) in [4.78, 5) is 28.9. The van der Waals surface area contributed by atoms with E-state index in [1.165, 1.54) is 11.8 Å². The monoisotopic (exact) mass is 269 g/mol. The van der Waals surface area contributed by atoms with E-state index in [4.69, 9.17) is 0 Å². The molecule has 0 aliphatic heterocycles. The van der Waals surface area contributed by atoms with Crippen LogP contribution in [0.4, 0.5) is 11.4 Å². The fourth-order valence-electron chi connectivity index (χ4n) is 1.80. The van der Waals surface area contributed by atoms with Gasteiger partial charge in [-0.1, -0.05) is 6.07 Å². The van der Waals surface area contributed by atoms with Crippen LogP contribution in [-0.4, -0.2) is 23.8 Å². The third-order valence-electron chi connectivity index (χ3n) is 2.77. The lowest BCUT2D eigenvalue weighted by atomic mass is 10.1. The highest BCUT2D eigenvalue weighted by molar-refractivity contribution is 6.06. The molecule has 0 spiro atoms. The number of pyridine rings is 1. The summed E-state index contributed by atoms with van der Waals surface area (Å²) in [6.45, 7) is 1.43. The van der Waals surface area contributed by atoms with Crippen LogP contribution in [0.2, 0.25) is 0 Å². The van der Waals surface area contributed by atoms with Crippen molar-refractivity contribution in [2.45, 2.75) is 6.92 Å². The lowest BCUT2D eigenvalue weighted by Gasteiger charge is -2.17. The average Bonchev–Trinajstić information content (AvgIpc) is 2.46. The summed E-state index contributed by atoms with van der Waals surface area (Å²) in [5.74, 6) is -0.333. The molecule has 0 aliphatic carbocycles. The van der Waals surface area contributed by atoms with E-state index >= 15 is 0 Å². The quantitative estimate of drug-likeness (QED) is 0.930. The number of benzene rings is 1. The maximum atomic E-state index is 12.4. The number of aromatic nitrogens is 1. The van der Waals surface area contributed by atoms with Crippen molar-refractivity contribution >= 4 is 23.2 Å². The van der Waals surface area contributed by atoms with Gasteiger partial charge in [0.25, 0.3) is 5.91 Å². The van der Waals surface area contributed by atoms with Gasteiger partial charge in [0, 0.05) is 31.4 Å². The fraction of sp³-hybridized carbons (Fsp3) is 0.133. The first-order valence-corrected chi connectivity index (χ1v) is 6.13. The molecule has 5 heteroatoms. The molecule has 102 valence electrons. The molecule has 2 amide bonds. The smallest absolute Gasteiger partial charge is 0.258 e. The Morgan fingerprint density at radius 2 is 2.00 bits per heavy atom. The zero-order valence-electron chi connectivity index (χ0n) is 11.3. The third-order valence-corrected chi connectivity index (χ3v) is 2.77. The maximum absolute atomic E-state index is 12.4. The van der Waals surface area contributed by atoms with Crippen LogP contribution in [-0.2, 0) is 4.79 Å². The summed E-state index contributed by atoms with van der Waals surface area (Å²) >= 11 is 0. The first-order chi connectivity index (χ1) is 9.58. The van der Waals surface area contributed by atoms with Crippen LogP contribution < -0.4 is 10.2 Å². The second-order valence-electron chi connectivity index (χ2n) is 4.34. The number of anilines is 2. The van der Waals surface area contributed by atoms with Crippen LogP contribution in [0, 0.1) is 0 Å². The van der Waals surface area contributed by atoms with E-state index in [0.29, 0.717) is 16.9 Å². The van der Waals surface area contributed by atoms with Gasteiger partial charge in [0.1, 0.15) is 0 Å². The lowest BCUT2D eigenvalue weighted by Crippen LogP contribution is -2.26. The van der Waals surface area contributed by atoms with Gasteiger partial charge in [0.05, 0.1) is 11.9 Å². The largest absolute Gasteiger partial charge is 0.326 e. The molecule has 0 unspecified atom stereocenters. The number of amides is 2. The maximum Gasteiger partial charge on any atom is 0.258 e. The van der Waals surface area contributed by atoms with Crippen LogP contribution >= 0.6 is 0 Å². The predicted molar refractivity (Wildman–Crippen MR) is 77.7 cm³/mol. The molecule has 1 aromatic heterocycles. The summed E-state index contributed by atoms with van der Waals surface area (Å²) < 4.78 is 0. The molecule has 5 nitrogen and oxygen atoms in total. The van der Waals surface area contributed by atoms with E-state index in [0.717, 1.165) is 0 Å². The Labute approximate surface area is 117 Å². The lowest BCUT2D eigenvalue weighted by molar-refractivity contribution is -0.114. The second kappa shape index (κ2) is 5.97. The highest BCUT2D eigenvalue weighted by Crippen LogP contribution is 2.16. The van der Waals surface area contributed by atoms with Crippen molar-refractivity contribution in [3.63, 3.8) is 0 Å². The number of rotatable bonds is 3. The zero-order chi connectivity index (χ0) is 14.5. The Morgan fingerprint density at radius 3 is 2.65 bits per heavy atom. The molecular weight excluding hydrogens is 254 g/mol. The minimum atomic E-state index is -0.171. The standard InChI is InChI=1S/C15H15N3O2/c1-11(19)17-13-6-3-5-12(9-13)15(20)18(2)14-7-4-8-16-10-14/h3-10H,1-2H3,(H,17,19). The van der Waals surface area contributed by atoms with Crippen LogP contribution in [0.3, 0.4) is 0 Å². The number of carbonyl (C=O) groups is 2. The number of nitrogens with zero attached hydrogens (tertiary/aromatic N) is 2. The van der Waals surface area contributed by atoms with Gasteiger partial charge in [-0.2, -0.15) is 0 Å². The Bertz CT molecular complexity index is 626. The van der Waals surface area contributed by atoms with Gasteiger partial charge < -0.3 is 10.2 Å². The van der Waals surface area contributed by atoms with Gasteiger partial charge in [-0.25, -0.2) is 0 Å². The van der Waals surface area contributed by atoms with Crippen molar-refractivity contribution < 1.29 is 9.59 Å². The molecule has 1 N–H and O–H groups in total. The molecule has 1 heterocycles. The molecule has 20 heavy (non-hydrogen) atoms. The molecule has 2 aromatic rings. The third kappa shape index (κ3) is 3.20. The first kappa shape index (κ1) is 13.7. The summed E-state index contributed by atoms with van der Waals surface area (Å²) in [7, 11) is 1.68. The highest BCUT2D eigenvalue weighted by atomic mass is 16.2. The van der Waals surface area contributed by atoms with E-state index in [-0.39, 0.29) is 11.8 Å². The number of hydrogen-bond acceptors (Lipinski definition) is 3. The van der Waals surface area contributed by atoms with Gasteiger partial charge >= 0.3 is 0 Å². The van der Waals surface area contributed by atoms with Gasteiger partial charge in [0.15, 0.2) is 0 Å². The summed E-state index contributed by atoms with van der Waals surface area (Å²) in [5.41, 5.74) is 1.81. The van der Waals surface area contributed by atoms with Crippen LogP contribution in [0.25, 0.3) is 0 Å². The van der Waals surface area contributed by atoms with E-state index < -0.39 is 0 Å². The molecule has 0 saturated heterocycles. The molecule has 0 fully saturated rings. The van der Waals surface area contributed by atoms with Crippen molar-refractivity contribution in [1.29, 1.82) is 0 Å². The van der Waals surface area contributed by atoms with E-state index in [1.807, 2.05) is 6.07 Å². The van der Waals surface area contributed by atoms with E-state index in [1.54, 1.807) is 49.8 Å². The normalized spacial score (nSPS) is 9.90. The number of hydrogen-bond donors (Lipinski definition) is 1. The average molecular weight is 269 g/mol. The molecule has 0 atom stereocenters. The minimum Gasteiger partial charge on any atom is -0.326 e. The molecule has 0 bridgehead atoms. The topological polar surface area (TPSA) is 62.3 Å². The zero-order valence-corrected chi connectivity index (χ0v) is 11.3. The van der Waals surface area contributed by atoms with Crippen LogP contribution in [0.1, 0.15) is 17.3 Å². The van der Waals surface area contributed by atoms with Gasteiger partial charge in [-0.3, -0.25) is 14.6 Å².